The predicted molar refractivity (Wildman–Crippen MR) is 100 cm³/mol. The van der Waals surface area contributed by atoms with E-state index < -0.39 is 14.2 Å². The van der Waals surface area contributed by atoms with Crippen LogP contribution in [0.25, 0.3) is 21.8 Å². The maximum absolute atomic E-state index is 12.7. The van der Waals surface area contributed by atoms with Gasteiger partial charge in [0.15, 0.2) is 0 Å². The quantitative estimate of drug-likeness (QED) is 0.450. The Bertz CT molecular complexity index is 1130. The van der Waals surface area contributed by atoms with E-state index in [1.165, 1.54) is 12.4 Å². The molecule has 2 aromatic heterocycles. The number of pyridine rings is 2. The van der Waals surface area contributed by atoms with Crippen molar-refractivity contribution >= 4 is 63.6 Å². The second kappa shape index (κ2) is 6.69. The van der Waals surface area contributed by atoms with Gasteiger partial charge < -0.3 is 0 Å². The van der Waals surface area contributed by atoms with E-state index in [9.17, 15) is 3.83 Å². The Morgan fingerprint density at radius 1 is 0.800 bits per heavy atom. The van der Waals surface area contributed by atoms with Crippen LogP contribution >= 0.6 is 23.2 Å². The number of fused-ring (bicyclic) bond motifs is 2. The summed E-state index contributed by atoms with van der Waals surface area (Å²) >= 11 is 9.82. The van der Waals surface area contributed by atoms with Crippen molar-refractivity contribution in [1.29, 1.82) is 0 Å². The van der Waals surface area contributed by atoms with Crippen LogP contribution in [-0.2, 0) is 3.83 Å². The van der Waals surface area contributed by atoms with Gasteiger partial charge in [-0.2, -0.15) is 0 Å². The first-order valence-electron chi connectivity index (χ1n) is 7.32. The molecule has 2 heterocycles. The van der Waals surface area contributed by atoms with Crippen LogP contribution in [0.3, 0.4) is 0 Å². The second-order valence-corrected chi connectivity index (χ2v) is 8.24. The van der Waals surface area contributed by atoms with Crippen LogP contribution in [-0.4, -0.2) is 24.1 Å². The number of rotatable bonds is 3. The number of benzene rings is 2. The molecule has 2 aromatic carbocycles. The van der Waals surface area contributed by atoms with E-state index in [0.717, 1.165) is 21.8 Å². The summed E-state index contributed by atoms with van der Waals surface area (Å²) in [6.45, 7) is 0. The van der Waals surface area contributed by atoms with Gasteiger partial charge in [-0.3, -0.25) is 0 Å². The van der Waals surface area contributed by atoms with Crippen LogP contribution in [0.1, 0.15) is 0 Å². The number of nitrogens with zero attached hydrogens (tertiary/aromatic N) is 2. The fourth-order valence-electron chi connectivity index (χ4n) is 2.48. The van der Waals surface area contributed by atoms with Gasteiger partial charge in [0.25, 0.3) is 0 Å². The normalized spacial score (nSPS) is 12.4. The third kappa shape index (κ3) is 3.00. The molecule has 0 bridgehead atoms. The van der Waals surface area contributed by atoms with Crippen LogP contribution < -0.4 is 8.28 Å². The zero-order valence-electron chi connectivity index (χ0n) is 12.6. The standard InChI is InChI=1S/C18H10Cl2N2O2Se/c19-17-11-5-1-3-7-13(11)21-9-15(17)24-25(23)16-10-22-14-8-4-2-6-12(14)18(16)20/h1-10H. The molecule has 0 fully saturated rings. The average Bonchev–Trinajstić information content (AvgIpc) is 2.64. The van der Waals surface area contributed by atoms with Gasteiger partial charge in [-0.15, -0.1) is 0 Å². The number of aromatic nitrogens is 2. The van der Waals surface area contributed by atoms with Gasteiger partial charge in [0.1, 0.15) is 0 Å². The molecule has 0 N–H and O–H groups in total. The Kier molecular flexibility index (Phi) is 4.40. The first-order valence-corrected chi connectivity index (χ1v) is 10.3. The Morgan fingerprint density at radius 3 is 2.04 bits per heavy atom. The van der Waals surface area contributed by atoms with Crippen LogP contribution in [0.15, 0.2) is 60.9 Å². The number of para-hydroxylation sites is 2. The van der Waals surface area contributed by atoms with Gasteiger partial charge in [0.2, 0.25) is 0 Å². The maximum atomic E-state index is 12.7. The van der Waals surface area contributed by atoms with Crippen molar-refractivity contribution < 1.29 is 7.65 Å². The molecule has 0 aliphatic carbocycles. The predicted octanol–water partition coefficient (Wildman–Crippen LogP) is 4.29. The van der Waals surface area contributed by atoms with Crippen molar-refractivity contribution in [3.05, 3.63) is 71.0 Å². The van der Waals surface area contributed by atoms with Crippen LogP contribution in [0.2, 0.25) is 10.0 Å². The number of hydrogen-bond acceptors (Lipinski definition) is 4. The summed E-state index contributed by atoms with van der Waals surface area (Å²) in [5.74, 6) is 0.268. The first-order chi connectivity index (χ1) is 12.1. The van der Waals surface area contributed by atoms with Crippen molar-refractivity contribution in [3.63, 3.8) is 0 Å². The Labute approximate surface area is 157 Å². The summed E-state index contributed by atoms with van der Waals surface area (Å²) in [7, 11) is 0. The van der Waals surface area contributed by atoms with Gasteiger partial charge in [-0.1, -0.05) is 0 Å². The van der Waals surface area contributed by atoms with Crippen molar-refractivity contribution in [2.45, 2.75) is 0 Å². The average molecular weight is 436 g/mol. The molecule has 1 unspecified atom stereocenters. The van der Waals surface area contributed by atoms with Gasteiger partial charge in [-0.25, -0.2) is 0 Å². The summed E-state index contributed by atoms with van der Waals surface area (Å²) in [6.07, 6.45) is 2.96. The Hall–Kier alpha value is -2.04. The summed E-state index contributed by atoms with van der Waals surface area (Å²) in [5, 5.41) is 2.23. The van der Waals surface area contributed by atoms with Gasteiger partial charge in [0.05, 0.1) is 0 Å². The molecule has 124 valence electrons. The molecular formula is C18H10Cl2N2O2Se. The molecule has 4 aromatic rings. The van der Waals surface area contributed by atoms with Gasteiger partial charge >= 0.3 is 158 Å². The zero-order chi connectivity index (χ0) is 17.4. The molecule has 4 nitrogen and oxygen atoms in total. The van der Waals surface area contributed by atoms with Gasteiger partial charge in [-0.05, 0) is 0 Å². The zero-order valence-corrected chi connectivity index (χ0v) is 15.9. The molecule has 7 heteroatoms. The fourth-order valence-corrected chi connectivity index (χ4v) is 4.99. The van der Waals surface area contributed by atoms with E-state index in [1.54, 1.807) is 0 Å². The molecule has 0 amide bonds. The number of halogens is 2. The molecular weight excluding hydrogens is 426 g/mol. The first kappa shape index (κ1) is 16.4. The van der Waals surface area contributed by atoms with Crippen LogP contribution in [0, 0.1) is 0 Å². The van der Waals surface area contributed by atoms with Crippen molar-refractivity contribution in [2.24, 2.45) is 0 Å². The molecule has 0 radical (unpaired) electrons. The molecule has 0 aliphatic rings. The van der Waals surface area contributed by atoms with Crippen LogP contribution in [0.4, 0.5) is 0 Å². The van der Waals surface area contributed by atoms with Crippen molar-refractivity contribution in [3.8, 4) is 5.75 Å². The SMILES string of the molecule is O=[Se](Oc1cnc2ccccc2c1Cl)c1cnc2ccccc2c1Cl. The number of hydrogen-bond donors (Lipinski definition) is 0. The molecule has 25 heavy (non-hydrogen) atoms. The van der Waals surface area contributed by atoms with E-state index in [-0.39, 0.29) is 5.75 Å². The summed E-state index contributed by atoms with van der Waals surface area (Å²) in [4.78, 5) is 8.58. The Morgan fingerprint density at radius 2 is 1.36 bits per heavy atom. The molecule has 4 rings (SSSR count). The third-order valence-electron chi connectivity index (χ3n) is 3.70. The minimum absolute atomic E-state index is 0.268. The van der Waals surface area contributed by atoms with Crippen molar-refractivity contribution in [1.82, 2.24) is 9.97 Å². The Balaban J connectivity index is 1.73. The summed E-state index contributed by atoms with van der Waals surface area (Å²) in [6, 6.07) is 14.8. The van der Waals surface area contributed by atoms with E-state index >= 15 is 0 Å². The second-order valence-electron chi connectivity index (χ2n) is 5.23. The monoisotopic (exact) mass is 436 g/mol. The van der Waals surface area contributed by atoms with E-state index in [4.69, 9.17) is 27.0 Å². The minimum atomic E-state index is -2.96. The topological polar surface area (TPSA) is 52.1 Å². The van der Waals surface area contributed by atoms with Crippen LogP contribution in [0.5, 0.6) is 5.75 Å². The van der Waals surface area contributed by atoms with E-state index in [2.05, 4.69) is 9.97 Å². The summed E-state index contributed by atoms with van der Waals surface area (Å²) in [5.41, 5.74) is 1.48. The summed E-state index contributed by atoms with van der Waals surface area (Å²) < 4.78 is 18.7. The van der Waals surface area contributed by atoms with Crippen molar-refractivity contribution in [2.75, 3.05) is 0 Å². The molecule has 0 spiro atoms. The van der Waals surface area contributed by atoms with E-state index in [0.29, 0.717) is 14.5 Å². The molecule has 0 saturated heterocycles. The molecule has 0 saturated carbocycles. The molecule has 1 atom stereocenters. The third-order valence-corrected chi connectivity index (χ3v) is 6.85. The molecule has 0 aliphatic heterocycles. The fraction of sp³-hybridized carbons (Fsp3) is 0. The van der Waals surface area contributed by atoms with Gasteiger partial charge in [0, 0.05) is 0 Å². The van der Waals surface area contributed by atoms with E-state index in [1.807, 2.05) is 48.5 Å².